The lowest BCUT2D eigenvalue weighted by Crippen LogP contribution is -2.37. The van der Waals surface area contributed by atoms with Gasteiger partial charge in [0.15, 0.2) is 0 Å². The summed E-state index contributed by atoms with van der Waals surface area (Å²) in [5.74, 6) is 0.688. The SMILES string of the molecule is CC(C)N(Cc1ccc(OS(C)(=O)=O)cc1)C(=O)C1CC1. The summed E-state index contributed by atoms with van der Waals surface area (Å²) < 4.78 is 26.9. The monoisotopic (exact) mass is 311 g/mol. The van der Waals surface area contributed by atoms with Crippen molar-refractivity contribution in [3.05, 3.63) is 29.8 Å². The molecule has 0 spiro atoms. The molecule has 1 aromatic rings. The minimum Gasteiger partial charge on any atom is -0.383 e. The van der Waals surface area contributed by atoms with Crippen LogP contribution in [0.15, 0.2) is 24.3 Å². The summed E-state index contributed by atoms with van der Waals surface area (Å²) in [5, 5.41) is 0. The molecule has 0 aliphatic heterocycles. The lowest BCUT2D eigenvalue weighted by molar-refractivity contribution is -0.134. The van der Waals surface area contributed by atoms with Crippen molar-refractivity contribution in [1.29, 1.82) is 0 Å². The molecule has 5 nitrogen and oxygen atoms in total. The molecule has 1 aliphatic rings. The fourth-order valence-electron chi connectivity index (χ4n) is 2.10. The molecule has 2 rings (SSSR count). The standard InChI is InChI=1S/C15H21NO4S/c1-11(2)16(15(17)13-6-7-13)10-12-4-8-14(9-5-12)20-21(3,18)19/h4-5,8-9,11,13H,6-7,10H2,1-3H3. The van der Waals surface area contributed by atoms with Gasteiger partial charge in [0, 0.05) is 18.5 Å². The number of hydrogen-bond acceptors (Lipinski definition) is 4. The van der Waals surface area contributed by atoms with Crippen molar-refractivity contribution in [3.8, 4) is 5.75 Å². The summed E-state index contributed by atoms with van der Waals surface area (Å²) in [6, 6.07) is 6.93. The Hall–Kier alpha value is -1.56. The maximum absolute atomic E-state index is 12.2. The smallest absolute Gasteiger partial charge is 0.306 e. The molecule has 21 heavy (non-hydrogen) atoms. The predicted molar refractivity (Wildman–Crippen MR) is 80.3 cm³/mol. The molecule has 0 saturated heterocycles. The number of rotatable bonds is 6. The summed E-state index contributed by atoms with van der Waals surface area (Å²) in [6.45, 7) is 4.54. The fraction of sp³-hybridized carbons (Fsp3) is 0.533. The van der Waals surface area contributed by atoms with E-state index in [0.717, 1.165) is 24.7 Å². The van der Waals surface area contributed by atoms with Gasteiger partial charge in [0.2, 0.25) is 5.91 Å². The van der Waals surface area contributed by atoms with E-state index in [1.807, 2.05) is 18.7 Å². The maximum Gasteiger partial charge on any atom is 0.306 e. The van der Waals surface area contributed by atoms with Crippen molar-refractivity contribution in [1.82, 2.24) is 4.90 Å². The second kappa shape index (κ2) is 6.05. The number of nitrogens with zero attached hydrogens (tertiary/aromatic N) is 1. The van der Waals surface area contributed by atoms with Crippen molar-refractivity contribution >= 4 is 16.0 Å². The molecular weight excluding hydrogens is 290 g/mol. The van der Waals surface area contributed by atoms with E-state index >= 15 is 0 Å². The Labute approximate surface area is 126 Å². The topological polar surface area (TPSA) is 63.7 Å². The highest BCUT2D eigenvalue weighted by atomic mass is 32.2. The van der Waals surface area contributed by atoms with Crippen LogP contribution in [0.5, 0.6) is 5.75 Å². The van der Waals surface area contributed by atoms with Gasteiger partial charge >= 0.3 is 10.1 Å². The van der Waals surface area contributed by atoms with Crippen LogP contribution in [0.2, 0.25) is 0 Å². The first-order valence-electron chi connectivity index (χ1n) is 7.05. The average Bonchev–Trinajstić information content (AvgIpc) is 3.19. The van der Waals surface area contributed by atoms with E-state index in [2.05, 4.69) is 0 Å². The van der Waals surface area contributed by atoms with Crippen LogP contribution in [0.25, 0.3) is 0 Å². The second-order valence-corrected chi connectivity index (χ2v) is 7.34. The highest BCUT2D eigenvalue weighted by Crippen LogP contribution is 2.32. The molecule has 6 heteroatoms. The van der Waals surface area contributed by atoms with Crippen molar-refractivity contribution in [2.24, 2.45) is 5.92 Å². The highest BCUT2D eigenvalue weighted by Gasteiger charge is 2.34. The molecule has 1 amide bonds. The Morgan fingerprint density at radius 2 is 1.86 bits per heavy atom. The van der Waals surface area contributed by atoms with Crippen LogP contribution in [0.4, 0.5) is 0 Å². The van der Waals surface area contributed by atoms with Gasteiger partial charge in [0.25, 0.3) is 0 Å². The van der Waals surface area contributed by atoms with Crippen LogP contribution in [0, 0.1) is 5.92 Å². The zero-order valence-corrected chi connectivity index (χ0v) is 13.4. The fourth-order valence-corrected chi connectivity index (χ4v) is 2.56. The summed E-state index contributed by atoms with van der Waals surface area (Å²) in [6.07, 6.45) is 2.99. The summed E-state index contributed by atoms with van der Waals surface area (Å²) in [5.41, 5.74) is 0.957. The number of amides is 1. The minimum absolute atomic E-state index is 0.144. The van der Waals surface area contributed by atoms with E-state index in [4.69, 9.17) is 4.18 Å². The predicted octanol–water partition coefficient (Wildman–Crippen LogP) is 2.17. The Balaban J connectivity index is 2.05. The third-order valence-electron chi connectivity index (χ3n) is 3.36. The van der Waals surface area contributed by atoms with Gasteiger partial charge in [-0.05, 0) is 44.4 Å². The zero-order valence-electron chi connectivity index (χ0n) is 12.6. The highest BCUT2D eigenvalue weighted by molar-refractivity contribution is 7.86. The van der Waals surface area contributed by atoms with Gasteiger partial charge in [-0.15, -0.1) is 0 Å². The normalized spacial score (nSPS) is 15.0. The van der Waals surface area contributed by atoms with Crippen LogP contribution in [-0.4, -0.2) is 31.5 Å². The average molecular weight is 311 g/mol. The van der Waals surface area contributed by atoms with Crippen LogP contribution < -0.4 is 4.18 Å². The molecule has 0 N–H and O–H groups in total. The van der Waals surface area contributed by atoms with Crippen LogP contribution in [0.3, 0.4) is 0 Å². The third kappa shape index (κ3) is 4.74. The van der Waals surface area contributed by atoms with Crippen LogP contribution in [-0.2, 0) is 21.5 Å². The molecule has 1 saturated carbocycles. The van der Waals surface area contributed by atoms with E-state index < -0.39 is 10.1 Å². The number of carbonyl (C=O) groups is 1. The Morgan fingerprint density at radius 3 is 2.29 bits per heavy atom. The maximum atomic E-state index is 12.2. The van der Waals surface area contributed by atoms with E-state index in [0.29, 0.717) is 6.54 Å². The molecule has 0 bridgehead atoms. The van der Waals surface area contributed by atoms with E-state index in [-0.39, 0.29) is 23.6 Å². The van der Waals surface area contributed by atoms with Gasteiger partial charge in [0.1, 0.15) is 5.75 Å². The van der Waals surface area contributed by atoms with Gasteiger partial charge in [0.05, 0.1) is 6.26 Å². The van der Waals surface area contributed by atoms with Crippen LogP contribution >= 0.6 is 0 Å². The minimum atomic E-state index is -3.51. The largest absolute Gasteiger partial charge is 0.383 e. The number of benzene rings is 1. The lowest BCUT2D eigenvalue weighted by atomic mass is 10.1. The molecule has 1 fully saturated rings. The van der Waals surface area contributed by atoms with E-state index in [1.54, 1.807) is 24.3 Å². The zero-order chi connectivity index (χ0) is 15.6. The van der Waals surface area contributed by atoms with Crippen molar-refractivity contribution < 1.29 is 17.4 Å². The molecule has 0 aromatic heterocycles. The van der Waals surface area contributed by atoms with Gasteiger partial charge in [-0.1, -0.05) is 12.1 Å². The molecule has 116 valence electrons. The Morgan fingerprint density at radius 1 is 1.29 bits per heavy atom. The van der Waals surface area contributed by atoms with Gasteiger partial charge in [-0.25, -0.2) is 0 Å². The summed E-state index contributed by atoms with van der Waals surface area (Å²) >= 11 is 0. The molecule has 0 atom stereocenters. The molecule has 0 radical (unpaired) electrons. The number of hydrogen-bond donors (Lipinski definition) is 0. The molecular formula is C15H21NO4S. The van der Waals surface area contributed by atoms with Crippen molar-refractivity contribution in [2.75, 3.05) is 6.26 Å². The van der Waals surface area contributed by atoms with Gasteiger partial charge < -0.3 is 9.08 Å². The first kappa shape index (κ1) is 15.8. The number of carbonyl (C=O) groups excluding carboxylic acids is 1. The van der Waals surface area contributed by atoms with Crippen molar-refractivity contribution in [2.45, 2.75) is 39.3 Å². The Kier molecular flexibility index (Phi) is 4.56. The van der Waals surface area contributed by atoms with Gasteiger partial charge in [-0.3, -0.25) is 4.79 Å². The van der Waals surface area contributed by atoms with E-state index in [9.17, 15) is 13.2 Å². The molecule has 0 heterocycles. The van der Waals surface area contributed by atoms with Gasteiger partial charge in [-0.2, -0.15) is 8.42 Å². The molecule has 1 aromatic carbocycles. The summed E-state index contributed by atoms with van der Waals surface area (Å²) in [4.78, 5) is 14.1. The first-order chi connectivity index (χ1) is 9.76. The Bertz CT molecular complexity index is 603. The quantitative estimate of drug-likeness (QED) is 0.755. The van der Waals surface area contributed by atoms with Crippen LogP contribution in [0.1, 0.15) is 32.3 Å². The molecule has 0 unspecified atom stereocenters. The third-order valence-corrected chi connectivity index (χ3v) is 3.85. The molecule has 1 aliphatic carbocycles. The first-order valence-corrected chi connectivity index (χ1v) is 8.87. The van der Waals surface area contributed by atoms with E-state index in [1.165, 1.54) is 0 Å². The lowest BCUT2D eigenvalue weighted by Gasteiger charge is -2.27. The van der Waals surface area contributed by atoms with Crippen molar-refractivity contribution in [3.63, 3.8) is 0 Å². The second-order valence-electron chi connectivity index (χ2n) is 5.77. The summed E-state index contributed by atoms with van der Waals surface area (Å²) in [7, 11) is -3.51.